The van der Waals surface area contributed by atoms with Gasteiger partial charge in [-0.05, 0) is 122 Å². The van der Waals surface area contributed by atoms with Crippen LogP contribution in [0.25, 0.3) is 83.1 Å². The van der Waals surface area contributed by atoms with E-state index in [9.17, 15) is 16.4 Å². The quantitative estimate of drug-likeness (QED) is 0.141. The van der Waals surface area contributed by atoms with Crippen molar-refractivity contribution >= 4 is 38.9 Å². The van der Waals surface area contributed by atoms with E-state index in [1.54, 1.807) is 24.3 Å². The van der Waals surface area contributed by atoms with Crippen LogP contribution in [0.2, 0.25) is 0 Å². The molecule has 0 bridgehead atoms. The van der Waals surface area contributed by atoms with Crippen molar-refractivity contribution in [3.8, 4) is 61.3 Å². The number of benzene rings is 10. The Morgan fingerprint density at radius 2 is 0.710 bits per heavy atom. The lowest BCUT2D eigenvalue weighted by molar-refractivity contribution is 1.18. The summed E-state index contributed by atoms with van der Waals surface area (Å²) in [7, 11) is 0. The molecule has 0 unspecified atom stereocenters. The number of fused-ring (bicyclic) bond motifs is 3. The van der Waals surface area contributed by atoms with Crippen LogP contribution in [0.4, 0.5) is 17.1 Å². The fourth-order valence-corrected chi connectivity index (χ4v) is 6.97. The molecule has 0 spiro atoms. The summed E-state index contributed by atoms with van der Waals surface area (Å²) in [6, 6.07) is -9.82. The Morgan fingerprint density at radius 3 is 1.27 bits per heavy atom. The fourth-order valence-electron chi connectivity index (χ4n) is 6.97. The lowest BCUT2D eigenvalue weighted by Gasteiger charge is -2.26. The molecule has 0 atom stereocenters. The van der Waals surface area contributed by atoms with Gasteiger partial charge in [0, 0.05) is 33.5 Å². The lowest BCUT2D eigenvalue weighted by Crippen LogP contribution is -2.09. The molecule has 1 heterocycles. The van der Waals surface area contributed by atoms with Crippen molar-refractivity contribution in [2.45, 2.75) is 0 Å². The molecule has 0 fully saturated rings. The van der Waals surface area contributed by atoms with Gasteiger partial charge in [0.1, 0.15) is 0 Å². The third-order valence-corrected chi connectivity index (χ3v) is 9.79. The van der Waals surface area contributed by atoms with E-state index in [0.717, 1.165) is 16.6 Å². The minimum Gasteiger partial charge on any atom is -0.311 e. The van der Waals surface area contributed by atoms with Crippen molar-refractivity contribution in [2.75, 3.05) is 4.90 Å². The Balaban J connectivity index is 1.22. The summed E-state index contributed by atoms with van der Waals surface area (Å²) >= 11 is 0. The molecule has 11 rings (SSSR count). The van der Waals surface area contributed by atoms with Gasteiger partial charge >= 0.3 is 0 Å². The van der Waals surface area contributed by atoms with Gasteiger partial charge in [-0.25, -0.2) is 0 Å². The van der Waals surface area contributed by atoms with Crippen molar-refractivity contribution in [3.05, 3.63) is 254 Å². The molecule has 1 aromatic heterocycles. The number of nitrogens with zero attached hydrogens (tertiary/aromatic N) is 2. The smallest absolute Gasteiger partial charge is 0.0645 e. The summed E-state index contributed by atoms with van der Waals surface area (Å²) in [5.74, 6) is 0. The number of anilines is 3. The summed E-state index contributed by atoms with van der Waals surface area (Å²) in [5, 5.41) is 1.34. The van der Waals surface area contributed by atoms with Crippen molar-refractivity contribution in [1.29, 1.82) is 0 Å². The molecule has 10 aromatic carbocycles. The van der Waals surface area contributed by atoms with E-state index in [-0.39, 0.29) is 11.1 Å². The van der Waals surface area contributed by atoms with Crippen molar-refractivity contribution in [1.82, 2.24) is 4.57 Å². The average molecular weight is 821 g/mol. The largest absolute Gasteiger partial charge is 0.311 e. The molecule has 0 aliphatic carbocycles. The predicted octanol–water partition coefficient (Wildman–Crippen LogP) is 16.6. The van der Waals surface area contributed by atoms with E-state index < -0.39 is 243 Å². The van der Waals surface area contributed by atoms with Crippen LogP contribution in [0.1, 0.15) is 41.1 Å². The van der Waals surface area contributed by atoms with Crippen LogP contribution >= 0.6 is 0 Å². The van der Waals surface area contributed by atoms with Gasteiger partial charge in [0.15, 0.2) is 0 Å². The first-order valence-electron chi connectivity index (χ1n) is 33.8. The molecule has 0 amide bonds. The molecule has 2 nitrogen and oxygen atoms in total. The van der Waals surface area contributed by atoms with Gasteiger partial charge in [-0.3, -0.25) is 0 Å². The molecule has 62 heavy (non-hydrogen) atoms. The molecular formula is C60H42N2. The SMILES string of the molecule is [2H]c1c([2H])c([2H])c(-c2c([2H])c([2H])c(-c3c([2H])c([2H])c(N(c4c([2H])c([2H])c(-c5ccc6c(c5)c5ccccc5n6-c5ccccc5)c([2H])c4[2H])c4c([2H])c([2H])c(-c5c([2H])c([2H])c([2H])c([2H])c5-c5c([2H])c([2H])c([2H])c([2H])c5[2H])c([2H])c4[2H])c([2H])c3[2H])c([2H])c2[2H])c([2H])c1[2H]. The molecule has 11 aromatic rings. The minimum absolute atomic E-state index is 0.130. The Labute approximate surface area is 405 Å². The number of hydrogen-bond acceptors (Lipinski definition) is 1. The third-order valence-electron chi connectivity index (χ3n) is 9.79. The second kappa shape index (κ2) is 16.1. The maximum absolute atomic E-state index is 9.80. The highest BCUT2D eigenvalue weighted by molar-refractivity contribution is 6.10. The van der Waals surface area contributed by atoms with Crippen molar-refractivity contribution in [2.24, 2.45) is 0 Å². The van der Waals surface area contributed by atoms with E-state index >= 15 is 0 Å². The zero-order valence-electron chi connectivity index (χ0n) is 61.8. The van der Waals surface area contributed by atoms with E-state index in [1.807, 2.05) is 53.1 Å². The van der Waals surface area contributed by atoms with Gasteiger partial charge < -0.3 is 9.47 Å². The van der Waals surface area contributed by atoms with Gasteiger partial charge in [-0.2, -0.15) is 0 Å². The van der Waals surface area contributed by atoms with Crippen molar-refractivity contribution in [3.63, 3.8) is 0 Å². The standard InChI is InChI=1S/C60H42N2/c1-4-14-43(15-5-1)44-24-26-45(27-25-44)46-28-35-52(36-29-46)61(54-39-32-49(33-40-54)56-21-11-10-20-55(56)48-16-6-2-7-17-48)53-37-30-47(31-38-53)50-34-41-60-58(42-50)57-22-12-13-23-59(57)62(60)51-18-8-3-9-19-51/h1-42H/i1D,2D,4D,5D,6D,7D,10D,11D,14D,15D,16D,17D,20D,21D,24D,25D,26D,27D,28D,29D,30D,31D,32D,33D,35D,36D,37D,38D,39D,40D. The molecule has 2 heteroatoms. The zero-order valence-corrected chi connectivity index (χ0v) is 31.8. The highest BCUT2D eigenvalue weighted by Gasteiger charge is 2.17. The molecular weight excluding hydrogens is 749 g/mol. The fraction of sp³-hybridized carbons (Fsp3) is 0. The number of para-hydroxylation sites is 2. The third kappa shape index (κ3) is 6.94. The highest BCUT2D eigenvalue weighted by atomic mass is 15.1. The van der Waals surface area contributed by atoms with Crippen LogP contribution in [0.3, 0.4) is 0 Å². The summed E-state index contributed by atoms with van der Waals surface area (Å²) in [6.45, 7) is 0. The first-order chi connectivity index (χ1) is 43.3. The summed E-state index contributed by atoms with van der Waals surface area (Å²) < 4.78 is 274. The minimum atomic E-state index is -1.29. The Bertz CT molecular complexity index is 4940. The topological polar surface area (TPSA) is 8.17 Å². The molecule has 0 N–H and O–H groups in total. The van der Waals surface area contributed by atoms with Gasteiger partial charge in [0.05, 0.1) is 52.2 Å². The normalized spacial score (nSPS) is 18.0. The molecule has 0 radical (unpaired) electrons. The van der Waals surface area contributed by atoms with Crippen LogP contribution < -0.4 is 4.90 Å². The lowest BCUT2D eigenvalue weighted by atomic mass is 9.94. The predicted molar refractivity (Wildman–Crippen MR) is 263 cm³/mol. The summed E-state index contributed by atoms with van der Waals surface area (Å²) in [4.78, 5) is 0.392. The Morgan fingerprint density at radius 1 is 0.306 bits per heavy atom. The van der Waals surface area contributed by atoms with E-state index in [4.69, 9.17) is 24.7 Å². The second-order valence-corrected chi connectivity index (χ2v) is 13.4. The van der Waals surface area contributed by atoms with Gasteiger partial charge in [-0.1, -0.05) is 187 Å². The van der Waals surface area contributed by atoms with Crippen LogP contribution in [0.15, 0.2) is 254 Å². The molecule has 0 saturated heterocycles. The average Bonchev–Trinajstić information content (AvgIpc) is 0.818. The number of aromatic nitrogens is 1. The summed E-state index contributed by atoms with van der Waals surface area (Å²) in [5.41, 5.74) is -8.24. The highest BCUT2D eigenvalue weighted by Crippen LogP contribution is 2.40. The van der Waals surface area contributed by atoms with Gasteiger partial charge in [-0.15, -0.1) is 0 Å². The molecule has 0 saturated carbocycles. The molecule has 292 valence electrons. The van der Waals surface area contributed by atoms with Gasteiger partial charge in [0.25, 0.3) is 0 Å². The molecule has 0 aliphatic rings. The first kappa shape index (κ1) is 17.0. The number of hydrogen-bond donors (Lipinski definition) is 0. The van der Waals surface area contributed by atoms with Crippen LogP contribution in [0, 0.1) is 0 Å². The maximum Gasteiger partial charge on any atom is 0.0645 e. The number of rotatable bonds is 9. The van der Waals surface area contributed by atoms with Crippen LogP contribution in [-0.4, -0.2) is 4.57 Å². The zero-order chi connectivity index (χ0) is 67.4. The maximum atomic E-state index is 9.80. The van der Waals surface area contributed by atoms with E-state index in [0.29, 0.717) is 15.8 Å². The summed E-state index contributed by atoms with van der Waals surface area (Å²) in [6.07, 6.45) is 0. The second-order valence-electron chi connectivity index (χ2n) is 13.4. The van der Waals surface area contributed by atoms with E-state index in [2.05, 4.69) is 0 Å². The van der Waals surface area contributed by atoms with Crippen LogP contribution in [0.5, 0.6) is 0 Å². The first-order valence-corrected chi connectivity index (χ1v) is 18.8. The Hall–Kier alpha value is -8.20. The van der Waals surface area contributed by atoms with Crippen molar-refractivity contribution < 1.29 is 41.1 Å². The monoisotopic (exact) mass is 821 g/mol. The van der Waals surface area contributed by atoms with E-state index in [1.165, 1.54) is 0 Å². The van der Waals surface area contributed by atoms with Gasteiger partial charge in [0.2, 0.25) is 0 Å². The molecule has 0 aliphatic heterocycles. The van der Waals surface area contributed by atoms with Crippen LogP contribution in [-0.2, 0) is 0 Å². The Kier molecular flexibility index (Phi) is 4.43.